The first-order valence-electron chi connectivity index (χ1n) is 17.4. The minimum atomic E-state index is 0.874. The van der Waals surface area contributed by atoms with Gasteiger partial charge < -0.3 is 0 Å². The highest BCUT2D eigenvalue weighted by atomic mass is 32.2. The summed E-state index contributed by atoms with van der Waals surface area (Å²) in [7, 11) is 0. The average molecular weight is 689 g/mol. The normalized spacial score (nSPS) is 11.7. The second kappa shape index (κ2) is 12.1. The summed E-state index contributed by atoms with van der Waals surface area (Å²) in [5, 5.41) is 9.77. The third kappa shape index (κ3) is 4.85. The van der Waals surface area contributed by atoms with Gasteiger partial charge in [-0.3, -0.25) is 9.13 Å². The van der Waals surface area contributed by atoms with Gasteiger partial charge >= 0.3 is 0 Å². The number of benzene rings is 5. The molecule has 5 aromatic carbocycles. The third-order valence-corrected chi connectivity index (χ3v) is 10.9. The molecule has 0 aliphatic heterocycles. The number of hydrogen-bond donors (Lipinski definition) is 0. The number of para-hydroxylation sites is 3. The molecule has 0 aliphatic rings. The lowest BCUT2D eigenvalue weighted by molar-refractivity contribution is 0.834. The molecule has 0 saturated carbocycles. The molecule has 6 nitrogen and oxygen atoms in total. The molecule has 52 heavy (non-hydrogen) atoms. The fourth-order valence-corrected chi connectivity index (χ4v) is 8.61. The number of pyridine rings is 2. The van der Waals surface area contributed by atoms with E-state index in [1.54, 1.807) is 11.8 Å². The summed E-state index contributed by atoms with van der Waals surface area (Å²) in [6.07, 6.45) is 3.77. The zero-order chi connectivity index (χ0) is 34.8. The lowest BCUT2D eigenvalue weighted by atomic mass is 10.0. The van der Waals surface area contributed by atoms with Crippen molar-refractivity contribution in [2.75, 3.05) is 0 Å². The smallest absolute Gasteiger partial charge is 0.138 e. The zero-order valence-electron chi connectivity index (χ0n) is 28.6. The Bertz CT molecular complexity index is 2960. The van der Waals surface area contributed by atoms with Gasteiger partial charge in [-0.25, -0.2) is 14.6 Å². The fourth-order valence-electron chi connectivity index (χ4n) is 7.72. The molecule has 0 unspecified atom stereocenters. The summed E-state index contributed by atoms with van der Waals surface area (Å²) in [5.41, 5.74) is 9.89. The maximum atomic E-state index is 4.96. The van der Waals surface area contributed by atoms with Crippen LogP contribution in [0.3, 0.4) is 0 Å². The van der Waals surface area contributed by atoms with Crippen molar-refractivity contribution >= 4 is 55.4 Å². The van der Waals surface area contributed by atoms with Crippen molar-refractivity contribution in [2.45, 2.75) is 23.6 Å². The van der Waals surface area contributed by atoms with Gasteiger partial charge in [0.05, 0.1) is 33.4 Å². The first-order valence-corrected chi connectivity index (χ1v) is 18.2. The van der Waals surface area contributed by atoms with Gasteiger partial charge in [0, 0.05) is 55.0 Å². The van der Waals surface area contributed by atoms with E-state index in [2.05, 4.69) is 138 Å². The van der Waals surface area contributed by atoms with Crippen molar-refractivity contribution in [3.05, 3.63) is 169 Å². The number of aromatic nitrogens is 6. The van der Waals surface area contributed by atoms with Gasteiger partial charge in [0.2, 0.25) is 0 Å². The van der Waals surface area contributed by atoms with Gasteiger partial charge in [-0.2, -0.15) is 5.10 Å². The Kier molecular flexibility index (Phi) is 7.08. The number of nitrogens with zero attached hydrogens (tertiary/aromatic N) is 6. The Labute approximate surface area is 304 Å². The van der Waals surface area contributed by atoms with Crippen LogP contribution in [0.1, 0.15) is 11.4 Å². The number of fused-ring (bicyclic) bond motifs is 6. The molecule has 0 fully saturated rings. The van der Waals surface area contributed by atoms with Crippen LogP contribution < -0.4 is 0 Å². The predicted octanol–water partition coefficient (Wildman–Crippen LogP) is 11.3. The molecule has 248 valence electrons. The van der Waals surface area contributed by atoms with Gasteiger partial charge in [-0.15, -0.1) is 0 Å². The average Bonchev–Trinajstić information content (AvgIpc) is 3.81. The Hall–Kier alpha value is -6.44. The molecule has 5 heterocycles. The molecule has 0 atom stereocenters. The van der Waals surface area contributed by atoms with E-state index in [0.29, 0.717) is 0 Å². The second-order valence-corrected chi connectivity index (χ2v) is 14.2. The molecular weight excluding hydrogens is 657 g/mol. The highest BCUT2D eigenvalue weighted by Gasteiger charge is 2.19. The molecule has 0 spiro atoms. The van der Waals surface area contributed by atoms with Gasteiger partial charge in [0.1, 0.15) is 11.6 Å². The first-order chi connectivity index (χ1) is 25.6. The van der Waals surface area contributed by atoms with Gasteiger partial charge in [0.25, 0.3) is 0 Å². The summed E-state index contributed by atoms with van der Waals surface area (Å²) in [5.74, 6) is 1.78. The summed E-state index contributed by atoms with van der Waals surface area (Å²) >= 11 is 1.77. The first kappa shape index (κ1) is 30.4. The second-order valence-electron chi connectivity index (χ2n) is 13.0. The van der Waals surface area contributed by atoms with E-state index in [4.69, 9.17) is 15.1 Å². The quantitative estimate of drug-likeness (QED) is 0.174. The maximum absolute atomic E-state index is 4.96. The Morgan fingerprint density at radius 1 is 0.481 bits per heavy atom. The van der Waals surface area contributed by atoms with Crippen LogP contribution in [0.2, 0.25) is 0 Å². The van der Waals surface area contributed by atoms with Crippen LogP contribution in [0.15, 0.2) is 168 Å². The number of hydrogen-bond acceptors (Lipinski definition) is 4. The van der Waals surface area contributed by atoms with Crippen LogP contribution in [-0.2, 0) is 0 Å². The van der Waals surface area contributed by atoms with Crippen LogP contribution >= 0.6 is 11.8 Å². The van der Waals surface area contributed by atoms with E-state index in [9.17, 15) is 0 Å². The topological polar surface area (TPSA) is 53.5 Å². The molecule has 10 rings (SSSR count). The van der Waals surface area contributed by atoms with E-state index in [1.165, 1.54) is 21.5 Å². The van der Waals surface area contributed by atoms with Crippen LogP contribution in [0, 0.1) is 13.8 Å². The van der Waals surface area contributed by atoms with Gasteiger partial charge in [0.15, 0.2) is 0 Å². The maximum Gasteiger partial charge on any atom is 0.138 e. The standard InChI is InChI=1S/C45H32N6S/c1-29-45(30(2)51(48-29)32-12-4-3-5-13-32)31-23-25-47-44(26-31)50-40-17-9-7-15-36(40)38-22-20-34(28-42(38)50)52-33-19-21-37-35-14-6-8-16-39(35)49(41(37)27-33)43-18-10-11-24-46-43/h3-28H,1-2H3. The van der Waals surface area contributed by atoms with E-state index < -0.39 is 0 Å². The molecule has 7 heteroatoms. The van der Waals surface area contributed by atoms with Crippen molar-refractivity contribution in [3.8, 4) is 28.5 Å². The van der Waals surface area contributed by atoms with E-state index in [1.807, 2.05) is 47.4 Å². The summed E-state index contributed by atoms with van der Waals surface area (Å²) < 4.78 is 6.59. The Morgan fingerprint density at radius 2 is 1.06 bits per heavy atom. The van der Waals surface area contributed by atoms with Crippen molar-refractivity contribution in [1.29, 1.82) is 0 Å². The summed E-state index contributed by atoms with van der Waals surface area (Å²) in [6, 6.07) is 51.4. The number of rotatable bonds is 6. The van der Waals surface area contributed by atoms with E-state index in [0.717, 1.165) is 71.7 Å². The van der Waals surface area contributed by atoms with Crippen molar-refractivity contribution in [1.82, 2.24) is 28.9 Å². The van der Waals surface area contributed by atoms with Crippen LogP contribution in [0.25, 0.3) is 72.1 Å². The minimum absolute atomic E-state index is 0.874. The molecule has 0 saturated heterocycles. The molecule has 10 aromatic rings. The SMILES string of the molecule is Cc1nn(-c2ccccc2)c(C)c1-c1ccnc(-n2c3ccccc3c3ccc(Sc4ccc5c6ccccc6n(-c6ccccn6)c5c4)cc32)c1. The lowest BCUT2D eigenvalue weighted by Crippen LogP contribution is -1.99. The van der Waals surface area contributed by atoms with Crippen LogP contribution in [-0.4, -0.2) is 28.9 Å². The molecule has 0 aliphatic carbocycles. The molecule has 0 radical (unpaired) electrons. The van der Waals surface area contributed by atoms with Crippen LogP contribution in [0.5, 0.6) is 0 Å². The number of aryl methyl sites for hydroxylation is 1. The summed E-state index contributed by atoms with van der Waals surface area (Å²) in [6.45, 7) is 4.22. The van der Waals surface area contributed by atoms with E-state index in [-0.39, 0.29) is 0 Å². The van der Waals surface area contributed by atoms with Gasteiger partial charge in [-0.05, 0) is 92.2 Å². The Balaban J connectivity index is 1.09. The lowest BCUT2D eigenvalue weighted by Gasteiger charge is -2.11. The van der Waals surface area contributed by atoms with Crippen LogP contribution in [0.4, 0.5) is 0 Å². The molecule has 0 bridgehead atoms. The van der Waals surface area contributed by atoms with E-state index >= 15 is 0 Å². The molecule has 5 aromatic heterocycles. The molecule has 0 amide bonds. The zero-order valence-corrected chi connectivity index (χ0v) is 29.4. The highest BCUT2D eigenvalue weighted by molar-refractivity contribution is 7.99. The minimum Gasteiger partial charge on any atom is -0.294 e. The predicted molar refractivity (Wildman–Crippen MR) is 213 cm³/mol. The summed E-state index contributed by atoms with van der Waals surface area (Å²) in [4.78, 5) is 12.0. The largest absolute Gasteiger partial charge is 0.294 e. The third-order valence-electron chi connectivity index (χ3n) is 9.96. The monoisotopic (exact) mass is 688 g/mol. The molecular formula is C45H32N6S. The van der Waals surface area contributed by atoms with Crippen molar-refractivity contribution < 1.29 is 0 Å². The Morgan fingerprint density at radius 3 is 1.71 bits per heavy atom. The fraction of sp³-hybridized carbons (Fsp3) is 0.0444. The molecule has 0 N–H and O–H groups in total. The van der Waals surface area contributed by atoms with Crippen molar-refractivity contribution in [3.63, 3.8) is 0 Å². The van der Waals surface area contributed by atoms with Gasteiger partial charge in [-0.1, -0.05) is 84.6 Å². The highest BCUT2D eigenvalue weighted by Crippen LogP contribution is 2.39. The van der Waals surface area contributed by atoms with Crippen molar-refractivity contribution in [2.24, 2.45) is 0 Å².